The molecule has 9 amide bonds. The number of thioether (sulfide) groups is 2. The molecule has 606 valence electrons. The van der Waals surface area contributed by atoms with Crippen LogP contribution in [0, 0.1) is 23.7 Å². The van der Waals surface area contributed by atoms with Crippen molar-refractivity contribution in [1.82, 2.24) is 41.7 Å². The Bertz CT molecular complexity index is 3170. The van der Waals surface area contributed by atoms with E-state index >= 15 is 0 Å². The molecule has 2 heterocycles. The van der Waals surface area contributed by atoms with Gasteiger partial charge in [-0.25, -0.2) is 0 Å². The molecule has 2 fully saturated rings. The first-order valence-electron chi connectivity index (χ1n) is 35.9. The van der Waals surface area contributed by atoms with Crippen molar-refractivity contribution < 1.29 is 136 Å². The Morgan fingerprint density at radius 3 is 1.58 bits per heavy atom. The van der Waals surface area contributed by atoms with Crippen LogP contribution in [-0.2, 0) is 110 Å². The first-order chi connectivity index (χ1) is 51.0. The molecule has 0 saturated carbocycles. The van der Waals surface area contributed by atoms with Crippen LogP contribution in [0.4, 0.5) is 0 Å². The summed E-state index contributed by atoms with van der Waals surface area (Å²) in [6.07, 6.45) is -7.95. The van der Waals surface area contributed by atoms with Gasteiger partial charge in [-0.15, -0.1) is 11.8 Å². The van der Waals surface area contributed by atoms with Crippen LogP contribution in [0.5, 0.6) is 0 Å². The number of carboxylic acid groups (broad SMARTS) is 5. The molecule has 0 aromatic rings. The number of ketones is 6. The zero-order valence-electron chi connectivity index (χ0n) is 62.0. The van der Waals surface area contributed by atoms with Gasteiger partial charge in [0.15, 0.2) is 34.7 Å². The van der Waals surface area contributed by atoms with Crippen LogP contribution in [0.3, 0.4) is 0 Å². The first kappa shape index (κ1) is 95.5. The van der Waals surface area contributed by atoms with Crippen LogP contribution in [0.1, 0.15) is 175 Å². The van der Waals surface area contributed by atoms with Crippen LogP contribution in [0.2, 0.25) is 0 Å². The van der Waals surface area contributed by atoms with E-state index in [1.807, 2.05) is 13.8 Å². The summed E-state index contributed by atoms with van der Waals surface area (Å²) in [6.45, 7) is 6.41. The highest BCUT2D eigenvalue weighted by molar-refractivity contribution is 8.00. The van der Waals surface area contributed by atoms with E-state index < -0.39 is 274 Å². The standard InChI is InChI=1S/C70H106N8O28S2/c1-7-44(79)37-71-66(99)41(4)33-53(82)49(39-107-6)73-57(85)18-17-52(81)48(32-40(2)3)76-69(102)50-10-8-25-77(50)60(88)38-106-27-9-11-51(80)45(14-21-63(93)94)74-67(100)43(13-20-62(91)92)35-55(84)47(16-23-65(97)98)75-68(101)42(12-19-61(89)90)34-54(83)46(15-22-64(95)96)72-58(86)24-26-78-59(87)36-56(70(78)103)108-31-30-105-29-28-104-5/h40-43,45-50,56H,7-39H2,1-6H3,(H,71,99)(H,72,86)(H,73,85)(H,74,100)(H,75,101)(H,76,102)(H,89,90)(H,91,92)(H,93,94)(H,95,96)(H,97,98)/t41-,42+,43+,45-,46-,47-,48+,49+,50+,56?/m1/s1. The quantitative estimate of drug-likeness (QED) is 0.0293. The number of carboxylic acids is 5. The van der Waals surface area contributed by atoms with Gasteiger partial charge in [-0.3, -0.25) is 101 Å². The highest BCUT2D eigenvalue weighted by atomic mass is 32.2. The fourth-order valence-electron chi connectivity index (χ4n) is 11.5. The Morgan fingerprint density at radius 1 is 0.546 bits per heavy atom. The van der Waals surface area contributed by atoms with Crippen molar-refractivity contribution in [2.45, 2.75) is 217 Å². The Balaban J connectivity index is 2.19. The molecule has 0 aromatic heterocycles. The van der Waals surface area contributed by atoms with Crippen molar-refractivity contribution in [3.05, 3.63) is 0 Å². The number of imide groups is 1. The zero-order chi connectivity index (χ0) is 81.2. The summed E-state index contributed by atoms with van der Waals surface area (Å²) in [6, 6.07) is -8.12. The number of amides is 9. The van der Waals surface area contributed by atoms with Crippen LogP contribution >= 0.6 is 23.5 Å². The van der Waals surface area contributed by atoms with E-state index in [-0.39, 0.29) is 95.1 Å². The summed E-state index contributed by atoms with van der Waals surface area (Å²) < 4.78 is 15.9. The molecule has 0 bridgehead atoms. The van der Waals surface area contributed by atoms with Crippen LogP contribution in [0.25, 0.3) is 0 Å². The third kappa shape index (κ3) is 38.0. The van der Waals surface area contributed by atoms with E-state index in [2.05, 4.69) is 31.9 Å². The number of aliphatic carboxylic acids is 5. The molecule has 108 heavy (non-hydrogen) atoms. The molecule has 10 atom stereocenters. The second-order valence-electron chi connectivity index (χ2n) is 26.7. The smallest absolute Gasteiger partial charge is 0.303 e. The maximum atomic E-state index is 14.2. The normalized spacial score (nSPS) is 16.3. The summed E-state index contributed by atoms with van der Waals surface area (Å²) in [5, 5.41) is 62.1. The van der Waals surface area contributed by atoms with Crippen molar-refractivity contribution in [2.75, 3.05) is 77.5 Å². The molecule has 11 N–H and O–H groups in total. The van der Waals surface area contributed by atoms with E-state index in [1.54, 1.807) is 13.2 Å². The fourth-order valence-corrected chi connectivity index (χ4v) is 13.2. The lowest BCUT2D eigenvalue weighted by molar-refractivity contribution is -0.142. The van der Waals surface area contributed by atoms with Crippen molar-refractivity contribution in [3.8, 4) is 0 Å². The average Bonchev–Trinajstić information content (AvgIpc) is 1.74. The van der Waals surface area contributed by atoms with E-state index in [0.717, 1.165) is 4.90 Å². The Kier molecular flexibility index (Phi) is 45.7. The Labute approximate surface area is 634 Å². The van der Waals surface area contributed by atoms with Gasteiger partial charge in [0.2, 0.25) is 53.2 Å². The molecule has 1 unspecified atom stereocenters. The fraction of sp³-hybridized carbons (Fsp3) is 0.714. The number of nitrogens with one attached hydrogen (secondary N) is 6. The molecule has 38 heteroatoms. The molecule has 0 spiro atoms. The molecule has 2 rings (SSSR count). The number of rotatable bonds is 61. The van der Waals surface area contributed by atoms with Gasteiger partial charge >= 0.3 is 29.8 Å². The molecular weight excluding hydrogens is 1460 g/mol. The molecule has 2 aliphatic rings. The molecule has 2 saturated heterocycles. The van der Waals surface area contributed by atoms with Gasteiger partial charge in [0.1, 0.15) is 12.6 Å². The average molecular weight is 1570 g/mol. The van der Waals surface area contributed by atoms with Crippen LogP contribution < -0.4 is 31.9 Å². The predicted molar refractivity (Wildman–Crippen MR) is 384 cm³/mol. The van der Waals surface area contributed by atoms with E-state index in [9.17, 15) is 121 Å². The number of ether oxygens (including phenoxy) is 3. The maximum absolute atomic E-state index is 14.2. The second kappa shape index (κ2) is 51.7. The summed E-state index contributed by atoms with van der Waals surface area (Å²) in [4.78, 5) is 262. The number of methoxy groups -OCH3 is 1. The second-order valence-corrected chi connectivity index (χ2v) is 28.9. The molecular formula is C70H106N8O28S2. The summed E-state index contributed by atoms with van der Waals surface area (Å²) >= 11 is 2.45. The highest BCUT2D eigenvalue weighted by Gasteiger charge is 2.41. The topological polar surface area (TPSA) is 549 Å². The van der Waals surface area contributed by atoms with Gasteiger partial charge in [0.05, 0.1) is 61.8 Å². The zero-order valence-corrected chi connectivity index (χ0v) is 63.7. The highest BCUT2D eigenvalue weighted by Crippen LogP contribution is 2.27. The SMILES string of the molecule is CCC(=O)CNC(=O)[C@H](C)CC(=O)[C@H](CSC)NC(=O)CCC(=O)[C@H](CC(C)C)NC(=O)[C@@H]1CCCN1C(=O)COCCCC(=O)[C@@H](CCC(=O)O)NC(=O)[C@@H](CCC(=O)O)CC(=O)[C@@H](CCC(=O)O)NC(=O)[C@@H](CCC(=O)O)CC(=O)[C@@H](CCC(=O)O)NC(=O)CCN1C(=O)CC(SCCOCCOC)C1=O. The maximum Gasteiger partial charge on any atom is 0.303 e. The Hall–Kier alpha value is -8.62. The van der Waals surface area contributed by atoms with Gasteiger partial charge in [0.25, 0.3) is 0 Å². The molecule has 36 nitrogen and oxygen atoms in total. The van der Waals surface area contributed by atoms with Crippen molar-refractivity contribution in [2.24, 2.45) is 23.7 Å². The minimum absolute atomic E-state index is 0.116. The lowest BCUT2D eigenvalue weighted by atomic mass is 9.89. The minimum atomic E-state index is -1.83. The first-order valence-corrected chi connectivity index (χ1v) is 38.4. The summed E-state index contributed by atoms with van der Waals surface area (Å²) in [5.41, 5.74) is 0. The number of carbonyl (C=O) groups is 20. The van der Waals surface area contributed by atoms with Gasteiger partial charge in [-0.1, -0.05) is 27.7 Å². The third-order valence-electron chi connectivity index (χ3n) is 17.6. The predicted octanol–water partition coefficient (Wildman–Crippen LogP) is 0.605. The van der Waals surface area contributed by atoms with Gasteiger partial charge < -0.3 is 76.5 Å². The minimum Gasteiger partial charge on any atom is -0.481 e. The monoisotopic (exact) mass is 1570 g/mol. The molecule has 0 radical (unpaired) electrons. The van der Waals surface area contributed by atoms with Crippen LogP contribution in [0.15, 0.2) is 0 Å². The van der Waals surface area contributed by atoms with Gasteiger partial charge in [-0.05, 0) is 70.0 Å². The molecule has 0 aliphatic carbocycles. The van der Waals surface area contributed by atoms with E-state index in [0.29, 0.717) is 25.4 Å². The summed E-state index contributed by atoms with van der Waals surface area (Å²) in [7, 11) is 1.50. The van der Waals surface area contributed by atoms with Crippen molar-refractivity contribution >= 4 is 141 Å². The van der Waals surface area contributed by atoms with Crippen LogP contribution in [-0.4, -0.2) is 272 Å². The number of hydrogen-bond acceptors (Lipinski definition) is 25. The molecule has 2 aliphatic heterocycles. The summed E-state index contributed by atoms with van der Waals surface area (Å²) in [5.74, 6) is -21.6. The lowest BCUT2D eigenvalue weighted by Crippen LogP contribution is -2.52. The number of Topliss-reactive ketones (excluding diaryl/α,β-unsaturated/α-hetero) is 6. The lowest BCUT2D eigenvalue weighted by Gasteiger charge is -2.27. The van der Waals surface area contributed by atoms with Gasteiger partial charge in [-0.2, -0.15) is 11.8 Å². The van der Waals surface area contributed by atoms with Gasteiger partial charge in [0, 0.05) is 146 Å². The largest absolute Gasteiger partial charge is 0.481 e. The van der Waals surface area contributed by atoms with Crippen molar-refractivity contribution in [1.29, 1.82) is 0 Å². The third-order valence-corrected chi connectivity index (χ3v) is 19.4. The number of hydrogen-bond donors (Lipinski definition) is 11. The number of likely N-dealkylation sites (tertiary alicyclic amines) is 2. The van der Waals surface area contributed by atoms with E-state index in [1.165, 1.54) is 42.5 Å². The van der Waals surface area contributed by atoms with Crippen molar-refractivity contribution in [3.63, 3.8) is 0 Å². The number of carbonyl (C=O) groups excluding carboxylic acids is 15. The molecule has 0 aromatic carbocycles. The Morgan fingerprint density at radius 2 is 1.06 bits per heavy atom. The van der Waals surface area contributed by atoms with E-state index in [4.69, 9.17) is 14.2 Å². The number of nitrogens with zero attached hydrogens (tertiary/aromatic N) is 2.